The SMILES string of the molecule is CCCn1ccc(=O)n(CC(N)c2ccccc2)c1=O. The Kier molecular flexibility index (Phi) is 4.53. The Morgan fingerprint density at radius 2 is 1.85 bits per heavy atom. The van der Waals surface area contributed by atoms with Crippen LogP contribution >= 0.6 is 0 Å². The Labute approximate surface area is 117 Å². The van der Waals surface area contributed by atoms with Crippen molar-refractivity contribution in [3.8, 4) is 0 Å². The van der Waals surface area contributed by atoms with E-state index in [0.717, 1.165) is 12.0 Å². The van der Waals surface area contributed by atoms with Crippen LogP contribution in [-0.2, 0) is 13.1 Å². The molecule has 106 valence electrons. The van der Waals surface area contributed by atoms with E-state index in [4.69, 9.17) is 5.73 Å². The molecule has 0 aliphatic carbocycles. The molecule has 0 amide bonds. The lowest BCUT2D eigenvalue weighted by molar-refractivity contribution is 0.499. The van der Waals surface area contributed by atoms with Crippen molar-refractivity contribution in [2.75, 3.05) is 0 Å². The molecule has 0 bridgehead atoms. The number of benzene rings is 1. The summed E-state index contributed by atoms with van der Waals surface area (Å²) in [5.41, 5.74) is 6.38. The van der Waals surface area contributed by atoms with Gasteiger partial charge in [0.25, 0.3) is 5.56 Å². The summed E-state index contributed by atoms with van der Waals surface area (Å²) in [7, 11) is 0. The van der Waals surface area contributed by atoms with Crippen LogP contribution in [0.25, 0.3) is 0 Å². The van der Waals surface area contributed by atoms with Crippen LogP contribution < -0.4 is 17.0 Å². The second-order valence-electron chi connectivity index (χ2n) is 4.76. The van der Waals surface area contributed by atoms with Crippen molar-refractivity contribution >= 4 is 0 Å². The predicted molar refractivity (Wildman–Crippen MR) is 78.6 cm³/mol. The highest BCUT2D eigenvalue weighted by Gasteiger charge is 2.11. The Bertz CT molecular complexity index is 674. The molecule has 2 N–H and O–H groups in total. The molecule has 2 rings (SSSR count). The Morgan fingerprint density at radius 1 is 1.15 bits per heavy atom. The molecule has 1 unspecified atom stereocenters. The normalized spacial score (nSPS) is 12.3. The minimum atomic E-state index is -0.376. The highest BCUT2D eigenvalue weighted by molar-refractivity contribution is 5.18. The predicted octanol–water partition coefficient (Wildman–Crippen LogP) is 1.12. The first-order valence-corrected chi connectivity index (χ1v) is 6.74. The van der Waals surface area contributed by atoms with Crippen LogP contribution in [0, 0.1) is 0 Å². The summed E-state index contributed by atoms with van der Waals surface area (Å²) in [6, 6.07) is 10.5. The first kappa shape index (κ1) is 14.3. The third-order valence-electron chi connectivity index (χ3n) is 3.21. The van der Waals surface area contributed by atoms with Gasteiger partial charge in [-0.3, -0.25) is 9.36 Å². The van der Waals surface area contributed by atoms with Gasteiger partial charge in [0, 0.05) is 24.8 Å². The summed E-state index contributed by atoms with van der Waals surface area (Å²) < 4.78 is 2.74. The molecule has 0 radical (unpaired) electrons. The van der Waals surface area contributed by atoms with Gasteiger partial charge in [-0.05, 0) is 12.0 Å². The fourth-order valence-corrected chi connectivity index (χ4v) is 2.14. The lowest BCUT2D eigenvalue weighted by atomic mass is 10.1. The average molecular weight is 273 g/mol. The number of hydrogen-bond acceptors (Lipinski definition) is 3. The molecule has 1 aromatic heterocycles. The molecule has 0 saturated heterocycles. The molecule has 0 saturated carbocycles. The lowest BCUT2D eigenvalue weighted by Gasteiger charge is -2.14. The molecule has 2 aromatic rings. The molecule has 0 aliphatic rings. The van der Waals surface area contributed by atoms with Crippen molar-refractivity contribution < 1.29 is 0 Å². The van der Waals surface area contributed by atoms with Crippen LogP contribution in [0.3, 0.4) is 0 Å². The molecule has 1 heterocycles. The first-order valence-electron chi connectivity index (χ1n) is 6.74. The zero-order chi connectivity index (χ0) is 14.5. The van der Waals surface area contributed by atoms with E-state index >= 15 is 0 Å². The van der Waals surface area contributed by atoms with Gasteiger partial charge in [0.1, 0.15) is 0 Å². The number of rotatable bonds is 5. The summed E-state index contributed by atoms with van der Waals surface area (Å²) in [5.74, 6) is 0. The third kappa shape index (κ3) is 3.05. The van der Waals surface area contributed by atoms with E-state index in [1.165, 1.54) is 10.6 Å². The van der Waals surface area contributed by atoms with Crippen LogP contribution in [0.2, 0.25) is 0 Å². The highest BCUT2D eigenvalue weighted by atomic mass is 16.2. The van der Waals surface area contributed by atoms with Crippen molar-refractivity contribution in [2.24, 2.45) is 5.73 Å². The topological polar surface area (TPSA) is 70.0 Å². The van der Waals surface area contributed by atoms with Crippen molar-refractivity contribution in [1.29, 1.82) is 0 Å². The van der Waals surface area contributed by atoms with E-state index < -0.39 is 0 Å². The monoisotopic (exact) mass is 273 g/mol. The fraction of sp³-hybridized carbons (Fsp3) is 0.333. The average Bonchev–Trinajstić information content (AvgIpc) is 2.47. The maximum atomic E-state index is 12.2. The second kappa shape index (κ2) is 6.34. The van der Waals surface area contributed by atoms with Crippen LogP contribution in [0.5, 0.6) is 0 Å². The van der Waals surface area contributed by atoms with Gasteiger partial charge in [-0.15, -0.1) is 0 Å². The number of nitrogens with zero attached hydrogens (tertiary/aromatic N) is 2. The van der Waals surface area contributed by atoms with Gasteiger partial charge in [-0.2, -0.15) is 0 Å². The van der Waals surface area contributed by atoms with Crippen LogP contribution in [0.4, 0.5) is 0 Å². The van der Waals surface area contributed by atoms with Crippen LogP contribution in [-0.4, -0.2) is 9.13 Å². The molecule has 0 spiro atoms. The molecule has 20 heavy (non-hydrogen) atoms. The van der Waals surface area contributed by atoms with Crippen molar-refractivity contribution in [3.63, 3.8) is 0 Å². The van der Waals surface area contributed by atoms with Gasteiger partial charge in [0.15, 0.2) is 0 Å². The summed E-state index contributed by atoms with van der Waals surface area (Å²) in [6.07, 6.45) is 2.38. The molecule has 0 aliphatic heterocycles. The minimum Gasteiger partial charge on any atom is -0.322 e. The number of aromatic nitrogens is 2. The quantitative estimate of drug-likeness (QED) is 0.887. The highest BCUT2D eigenvalue weighted by Crippen LogP contribution is 2.09. The van der Waals surface area contributed by atoms with Gasteiger partial charge in [-0.25, -0.2) is 4.79 Å². The molecule has 0 fully saturated rings. The Hall–Kier alpha value is -2.14. The van der Waals surface area contributed by atoms with Crippen molar-refractivity contribution in [1.82, 2.24) is 9.13 Å². The van der Waals surface area contributed by atoms with Gasteiger partial charge < -0.3 is 10.3 Å². The van der Waals surface area contributed by atoms with E-state index in [9.17, 15) is 9.59 Å². The lowest BCUT2D eigenvalue weighted by Crippen LogP contribution is -2.41. The maximum Gasteiger partial charge on any atom is 0.331 e. The summed E-state index contributed by atoms with van der Waals surface area (Å²) in [6.45, 7) is 2.77. The number of aryl methyl sites for hydroxylation is 1. The standard InChI is InChI=1S/C15H19N3O2/c1-2-9-17-10-8-14(19)18(15(17)20)11-13(16)12-6-4-3-5-7-12/h3-8,10,13H,2,9,11,16H2,1H3. The molecular formula is C15H19N3O2. The summed E-state index contributed by atoms with van der Waals surface area (Å²) >= 11 is 0. The van der Waals surface area contributed by atoms with E-state index in [1.807, 2.05) is 37.3 Å². The largest absolute Gasteiger partial charge is 0.331 e. The zero-order valence-electron chi connectivity index (χ0n) is 11.5. The molecular weight excluding hydrogens is 254 g/mol. The first-order chi connectivity index (χ1) is 9.63. The molecule has 1 aromatic carbocycles. The molecule has 5 heteroatoms. The summed E-state index contributed by atoms with van der Waals surface area (Å²) in [4.78, 5) is 24.1. The van der Waals surface area contributed by atoms with Crippen LogP contribution in [0.15, 0.2) is 52.2 Å². The molecule has 5 nitrogen and oxygen atoms in total. The summed E-state index contributed by atoms with van der Waals surface area (Å²) in [5, 5.41) is 0. The number of nitrogens with two attached hydrogens (primary N) is 1. The van der Waals surface area contributed by atoms with Gasteiger partial charge >= 0.3 is 5.69 Å². The van der Waals surface area contributed by atoms with E-state index in [1.54, 1.807) is 10.8 Å². The zero-order valence-corrected chi connectivity index (χ0v) is 11.5. The molecule has 1 atom stereocenters. The minimum absolute atomic E-state index is 0.187. The van der Waals surface area contributed by atoms with Crippen molar-refractivity contribution in [3.05, 3.63) is 69.0 Å². The van der Waals surface area contributed by atoms with E-state index in [0.29, 0.717) is 6.54 Å². The smallest absolute Gasteiger partial charge is 0.322 e. The van der Waals surface area contributed by atoms with Gasteiger partial charge in [0.2, 0.25) is 0 Å². The second-order valence-corrected chi connectivity index (χ2v) is 4.76. The van der Waals surface area contributed by atoms with E-state index in [2.05, 4.69) is 0 Å². The maximum absolute atomic E-state index is 12.2. The van der Waals surface area contributed by atoms with Crippen molar-refractivity contribution in [2.45, 2.75) is 32.5 Å². The number of hydrogen-bond donors (Lipinski definition) is 1. The van der Waals surface area contributed by atoms with Gasteiger partial charge in [0.05, 0.1) is 6.54 Å². The van der Waals surface area contributed by atoms with Gasteiger partial charge in [-0.1, -0.05) is 37.3 Å². The Balaban J connectivity index is 2.32. The third-order valence-corrected chi connectivity index (χ3v) is 3.21. The Morgan fingerprint density at radius 3 is 2.50 bits per heavy atom. The van der Waals surface area contributed by atoms with E-state index in [-0.39, 0.29) is 23.8 Å². The van der Waals surface area contributed by atoms with Crippen LogP contribution in [0.1, 0.15) is 24.9 Å². The fourth-order valence-electron chi connectivity index (χ4n) is 2.14.